The molecule has 0 aliphatic carbocycles. The van der Waals surface area contributed by atoms with Crippen LogP contribution >= 0.6 is 0 Å². The highest BCUT2D eigenvalue weighted by atomic mass is 15.1. The van der Waals surface area contributed by atoms with Crippen molar-refractivity contribution in [3.05, 3.63) is 42.2 Å². The fourth-order valence-corrected chi connectivity index (χ4v) is 0.853. The van der Waals surface area contributed by atoms with Crippen molar-refractivity contribution in [3.63, 3.8) is 0 Å². The molecular formula is C7H8N4. The zero-order chi connectivity index (χ0) is 7.52. The maximum absolute atomic E-state index is 3.04. The molecule has 4 N–H and O–H groups in total. The summed E-state index contributed by atoms with van der Waals surface area (Å²) in [5.74, 6) is 1.67. The number of hydrogen-bond donors (Lipinski definition) is 4. The monoisotopic (exact) mass is 148 g/mol. The lowest BCUT2D eigenvalue weighted by atomic mass is 10.6. The van der Waals surface area contributed by atoms with E-state index in [0.717, 1.165) is 11.6 Å². The molecule has 4 nitrogen and oxygen atoms in total. The van der Waals surface area contributed by atoms with Crippen LogP contribution in [-0.4, -0.2) is 0 Å². The van der Waals surface area contributed by atoms with Crippen LogP contribution in [-0.2, 0) is 0 Å². The molecule has 2 aliphatic heterocycles. The van der Waals surface area contributed by atoms with Gasteiger partial charge in [-0.05, 0) is 5.73 Å². The van der Waals surface area contributed by atoms with Crippen molar-refractivity contribution in [1.82, 2.24) is 21.3 Å². The molecule has 0 saturated heterocycles. The maximum atomic E-state index is 3.04. The molecule has 0 bridgehead atoms. The molecule has 0 saturated carbocycles. The Morgan fingerprint density at radius 1 is 0.727 bits per heavy atom. The van der Waals surface area contributed by atoms with Gasteiger partial charge in [-0.25, -0.2) is 0 Å². The van der Waals surface area contributed by atoms with Crippen LogP contribution < -0.4 is 21.3 Å². The highest BCUT2D eigenvalue weighted by Gasteiger charge is 1.98. The molecule has 0 unspecified atom stereocenters. The molecule has 11 heavy (non-hydrogen) atoms. The average Bonchev–Trinajstić information content (AvgIpc) is 2.60. The first-order valence-electron chi connectivity index (χ1n) is 3.32. The summed E-state index contributed by atoms with van der Waals surface area (Å²) >= 11 is 0. The van der Waals surface area contributed by atoms with Gasteiger partial charge in [0.25, 0.3) is 0 Å². The first-order valence-corrected chi connectivity index (χ1v) is 3.32. The molecule has 2 aliphatic rings. The number of hydrogen-bond acceptors (Lipinski definition) is 4. The molecule has 0 amide bonds. The van der Waals surface area contributed by atoms with Crippen molar-refractivity contribution >= 4 is 0 Å². The second-order valence-electron chi connectivity index (χ2n) is 2.12. The Hall–Kier alpha value is -1.80. The second-order valence-corrected chi connectivity index (χ2v) is 2.12. The predicted molar refractivity (Wildman–Crippen MR) is 41.4 cm³/mol. The highest BCUT2D eigenvalue weighted by molar-refractivity contribution is 5.17. The van der Waals surface area contributed by atoms with Crippen LogP contribution in [0.2, 0.25) is 0 Å². The lowest BCUT2D eigenvalue weighted by Crippen LogP contribution is -2.13. The summed E-state index contributed by atoms with van der Waals surface area (Å²) in [5, 5.41) is 11.9. The van der Waals surface area contributed by atoms with Crippen molar-refractivity contribution in [2.24, 2.45) is 0 Å². The molecule has 56 valence electrons. The first kappa shape index (κ1) is 5.95. The standard InChI is InChI=1S/C7H8N4/c1-2-9-6(8-1)5-7-10-3-4-11-7/h1-4,8-11H. The van der Waals surface area contributed by atoms with Gasteiger partial charge in [0.2, 0.25) is 0 Å². The average molecular weight is 148 g/mol. The topological polar surface area (TPSA) is 48.1 Å². The van der Waals surface area contributed by atoms with Crippen LogP contribution in [0.5, 0.6) is 0 Å². The third kappa shape index (κ3) is 1.20. The fraction of sp³-hybridized carbons (Fsp3) is 0. The van der Waals surface area contributed by atoms with E-state index in [1.807, 2.05) is 24.8 Å². The van der Waals surface area contributed by atoms with Crippen LogP contribution in [0.25, 0.3) is 0 Å². The van der Waals surface area contributed by atoms with E-state index in [1.165, 1.54) is 0 Å². The Bertz CT molecular complexity index is 235. The Labute approximate surface area is 64.4 Å². The van der Waals surface area contributed by atoms with Gasteiger partial charge in [-0.3, -0.25) is 0 Å². The smallest absolute Gasteiger partial charge is 0.155 e. The number of rotatable bonds is 0. The Kier molecular flexibility index (Phi) is 1.32. The molecule has 0 aromatic heterocycles. The fourth-order valence-electron chi connectivity index (χ4n) is 0.853. The summed E-state index contributed by atoms with van der Waals surface area (Å²) in [6, 6.07) is 0. The summed E-state index contributed by atoms with van der Waals surface area (Å²) < 4.78 is 0. The summed E-state index contributed by atoms with van der Waals surface area (Å²) in [6.45, 7) is 0. The zero-order valence-corrected chi connectivity index (χ0v) is 5.81. The molecule has 2 rings (SSSR count). The summed E-state index contributed by atoms with van der Waals surface area (Å²) in [5.41, 5.74) is 3.04. The molecular weight excluding hydrogens is 140 g/mol. The van der Waals surface area contributed by atoms with E-state index >= 15 is 0 Å². The van der Waals surface area contributed by atoms with E-state index in [0.29, 0.717) is 0 Å². The van der Waals surface area contributed by atoms with Crippen LogP contribution in [0.1, 0.15) is 0 Å². The Balaban J connectivity index is 2.17. The van der Waals surface area contributed by atoms with Gasteiger partial charge in [-0.2, -0.15) is 0 Å². The van der Waals surface area contributed by atoms with E-state index in [4.69, 9.17) is 0 Å². The van der Waals surface area contributed by atoms with Gasteiger partial charge < -0.3 is 21.3 Å². The minimum absolute atomic E-state index is 0.837. The van der Waals surface area contributed by atoms with Crippen LogP contribution in [0.15, 0.2) is 42.2 Å². The van der Waals surface area contributed by atoms with Crippen molar-refractivity contribution in [2.75, 3.05) is 0 Å². The molecule has 0 atom stereocenters. The quantitative estimate of drug-likeness (QED) is 0.353. The SMILES string of the molecule is C(=C1NC=CN1)=C1NC=CN1. The Morgan fingerprint density at radius 3 is 1.45 bits per heavy atom. The molecule has 0 spiro atoms. The molecule has 0 aromatic rings. The van der Waals surface area contributed by atoms with Crippen molar-refractivity contribution in [2.45, 2.75) is 0 Å². The van der Waals surface area contributed by atoms with E-state index in [9.17, 15) is 0 Å². The predicted octanol–water partition coefficient (Wildman–Crippen LogP) is -0.404. The Morgan fingerprint density at radius 2 is 1.09 bits per heavy atom. The van der Waals surface area contributed by atoms with Gasteiger partial charge in [-0.15, -0.1) is 0 Å². The van der Waals surface area contributed by atoms with Crippen LogP contribution in [0.3, 0.4) is 0 Å². The van der Waals surface area contributed by atoms with Gasteiger partial charge in [0.05, 0.1) is 0 Å². The van der Waals surface area contributed by atoms with E-state index in [2.05, 4.69) is 27.0 Å². The van der Waals surface area contributed by atoms with E-state index < -0.39 is 0 Å². The third-order valence-electron chi connectivity index (χ3n) is 1.33. The first-order chi connectivity index (χ1) is 5.45. The highest BCUT2D eigenvalue weighted by Crippen LogP contribution is 1.92. The molecule has 2 heterocycles. The van der Waals surface area contributed by atoms with Gasteiger partial charge >= 0.3 is 0 Å². The zero-order valence-electron chi connectivity index (χ0n) is 5.81. The van der Waals surface area contributed by atoms with Gasteiger partial charge in [0.15, 0.2) is 11.6 Å². The molecule has 0 fully saturated rings. The second kappa shape index (κ2) is 2.44. The van der Waals surface area contributed by atoms with E-state index in [-0.39, 0.29) is 0 Å². The molecule has 0 radical (unpaired) electrons. The van der Waals surface area contributed by atoms with Crippen molar-refractivity contribution in [1.29, 1.82) is 0 Å². The minimum Gasteiger partial charge on any atom is -0.340 e. The lowest BCUT2D eigenvalue weighted by molar-refractivity contribution is 0.949. The molecule has 4 heteroatoms. The minimum atomic E-state index is 0.837. The normalized spacial score (nSPS) is 18.5. The van der Waals surface area contributed by atoms with Gasteiger partial charge in [0.1, 0.15) is 0 Å². The van der Waals surface area contributed by atoms with Crippen molar-refractivity contribution < 1.29 is 0 Å². The van der Waals surface area contributed by atoms with E-state index in [1.54, 1.807) is 0 Å². The van der Waals surface area contributed by atoms with Crippen LogP contribution in [0, 0.1) is 0 Å². The molecule has 0 aromatic carbocycles. The van der Waals surface area contributed by atoms with Crippen LogP contribution in [0.4, 0.5) is 0 Å². The lowest BCUT2D eigenvalue weighted by Gasteiger charge is -1.96. The summed E-state index contributed by atoms with van der Waals surface area (Å²) in [4.78, 5) is 0. The van der Waals surface area contributed by atoms with Crippen molar-refractivity contribution in [3.8, 4) is 0 Å². The van der Waals surface area contributed by atoms with Gasteiger partial charge in [0, 0.05) is 24.8 Å². The summed E-state index contributed by atoms with van der Waals surface area (Å²) in [7, 11) is 0. The number of nitrogens with one attached hydrogen (secondary N) is 4. The summed E-state index contributed by atoms with van der Waals surface area (Å²) in [6.07, 6.45) is 7.24. The van der Waals surface area contributed by atoms with Gasteiger partial charge in [-0.1, -0.05) is 0 Å². The third-order valence-corrected chi connectivity index (χ3v) is 1.33. The maximum Gasteiger partial charge on any atom is 0.155 e. The largest absolute Gasteiger partial charge is 0.340 e.